The predicted molar refractivity (Wildman–Crippen MR) is 105 cm³/mol. The summed E-state index contributed by atoms with van der Waals surface area (Å²) in [4.78, 5) is 23.9. The quantitative estimate of drug-likeness (QED) is 0.379. The highest BCUT2D eigenvalue weighted by Crippen LogP contribution is 2.23. The Bertz CT molecular complexity index is 761. The van der Waals surface area contributed by atoms with Gasteiger partial charge in [0.15, 0.2) is 6.61 Å². The molecule has 5 nitrogen and oxygen atoms in total. The van der Waals surface area contributed by atoms with E-state index in [1.54, 1.807) is 30.3 Å². The van der Waals surface area contributed by atoms with Crippen LogP contribution < -0.4 is 10.1 Å². The van der Waals surface area contributed by atoms with E-state index in [1.807, 2.05) is 24.3 Å². The lowest BCUT2D eigenvalue weighted by molar-refractivity contribution is -0.146. The molecule has 0 saturated carbocycles. The number of amides is 1. The second-order valence-corrected chi connectivity index (χ2v) is 6.24. The number of para-hydroxylation sites is 2. The second kappa shape index (κ2) is 9.83. The number of carbonyl (C=O) groups is 2. The molecule has 130 valence electrons. The lowest BCUT2D eigenvalue weighted by atomic mass is 10.2. The number of anilines is 1. The lowest BCUT2D eigenvalue weighted by Gasteiger charge is -2.11. The molecule has 2 rings (SSSR count). The molecule has 25 heavy (non-hydrogen) atoms. The van der Waals surface area contributed by atoms with E-state index in [0.29, 0.717) is 18.0 Å². The molecule has 0 radical (unpaired) electrons. The number of hydrogen-bond donors (Lipinski definition) is 1. The van der Waals surface area contributed by atoms with E-state index >= 15 is 0 Å². The van der Waals surface area contributed by atoms with Gasteiger partial charge in [-0.25, -0.2) is 0 Å². The van der Waals surface area contributed by atoms with Gasteiger partial charge in [-0.05, 0) is 46.4 Å². The van der Waals surface area contributed by atoms with Crippen LogP contribution in [0.3, 0.4) is 0 Å². The van der Waals surface area contributed by atoms with E-state index in [9.17, 15) is 9.59 Å². The third kappa shape index (κ3) is 6.22. The number of hydrogen-bond acceptors (Lipinski definition) is 4. The number of nitrogens with one attached hydrogen (secondary N) is 1. The zero-order valence-corrected chi connectivity index (χ0v) is 15.7. The van der Waals surface area contributed by atoms with Crippen LogP contribution in [-0.2, 0) is 20.7 Å². The fourth-order valence-electron chi connectivity index (χ4n) is 2.03. The summed E-state index contributed by atoms with van der Waals surface area (Å²) >= 11 is 2.16. The van der Waals surface area contributed by atoms with E-state index in [2.05, 4.69) is 34.5 Å². The van der Waals surface area contributed by atoms with E-state index < -0.39 is 11.9 Å². The van der Waals surface area contributed by atoms with Gasteiger partial charge >= 0.3 is 5.97 Å². The van der Waals surface area contributed by atoms with Crippen LogP contribution in [-0.4, -0.2) is 25.1 Å². The average Bonchev–Trinajstić information content (AvgIpc) is 2.61. The molecule has 0 bridgehead atoms. The number of benzene rings is 2. The monoisotopic (exact) mass is 451 g/mol. The largest absolute Gasteiger partial charge is 0.487 e. The van der Waals surface area contributed by atoms with Gasteiger partial charge in [-0.3, -0.25) is 9.59 Å². The Balaban J connectivity index is 1.85. The van der Waals surface area contributed by atoms with Crippen molar-refractivity contribution >= 4 is 40.2 Å². The molecule has 1 N–H and O–H groups in total. The van der Waals surface area contributed by atoms with Crippen LogP contribution in [0.4, 0.5) is 5.69 Å². The maximum Gasteiger partial charge on any atom is 0.310 e. The Morgan fingerprint density at radius 2 is 1.84 bits per heavy atom. The Kier molecular flexibility index (Phi) is 7.46. The summed E-state index contributed by atoms with van der Waals surface area (Å²) in [5.41, 5.74) is 1.39. The van der Waals surface area contributed by atoms with Crippen LogP contribution in [0.5, 0.6) is 5.75 Å². The molecule has 2 aromatic rings. The van der Waals surface area contributed by atoms with Crippen molar-refractivity contribution in [3.63, 3.8) is 0 Å². The van der Waals surface area contributed by atoms with E-state index in [4.69, 9.17) is 9.47 Å². The molecule has 0 aliphatic heterocycles. The summed E-state index contributed by atoms with van der Waals surface area (Å²) in [5, 5.41) is 2.67. The van der Waals surface area contributed by atoms with Gasteiger partial charge in [0.25, 0.3) is 5.91 Å². The molecule has 0 atom stereocenters. The fraction of sp³-hybridized carbons (Fsp3) is 0.158. The average molecular weight is 451 g/mol. The van der Waals surface area contributed by atoms with Crippen molar-refractivity contribution in [2.24, 2.45) is 0 Å². The molecule has 0 aliphatic carbocycles. The molecule has 0 aromatic heterocycles. The molecule has 0 spiro atoms. The minimum absolute atomic E-state index is 0.130. The van der Waals surface area contributed by atoms with Crippen LogP contribution in [0, 0.1) is 3.57 Å². The fourth-order valence-corrected chi connectivity index (χ4v) is 2.60. The van der Waals surface area contributed by atoms with Crippen LogP contribution in [0.2, 0.25) is 0 Å². The third-order valence-electron chi connectivity index (χ3n) is 3.17. The zero-order valence-electron chi connectivity index (χ0n) is 13.5. The zero-order chi connectivity index (χ0) is 18.1. The van der Waals surface area contributed by atoms with Crippen molar-refractivity contribution in [2.75, 3.05) is 18.5 Å². The van der Waals surface area contributed by atoms with E-state index in [-0.39, 0.29) is 13.0 Å². The third-order valence-corrected chi connectivity index (χ3v) is 4.23. The normalized spacial score (nSPS) is 9.96. The first-order valence-electron chi connectivity index (χ1n) is 7.61. The number of rotatable bonds is 8. The minimum atomic E-state index is -0.449. The molecule has 6 heteroatoms. The first-order valence-corrected chi connectivity index (χ1v) is 8.69. The summed E-state index contributed by atoms with van der Waals surface area (Å²) < 4.78 is 11.5. The van der Waals surface area contributed by atoms with Crippen LogP contribution in [0.25, 0.3) is 0 Å². The summed E-state index contributed by atoms with van der Waals surface area (Å²) in [6, 6.07) is 14.6. The SMILES string of the molecule is C=CCOc1ccccc1NC(=O)COC(=O)Cc1ccccc1I. The first kappa shape index (κ1) is 19.0. The molecule has 0 fully saturated rings. The molecule has 2 aromatic carbocycles. The van der Waals surface area contributed by atoms with Crippen molar-refractivity contribution in [1.82, 2.24) is 0 Å². The summed E-state index contributed by atoms with van der Waals surface area (Å²) in [7, 11) is 0. The number of halogens is 1. The molecular weight excluding hydrogens is 433 g/mol. The van der Waals surface area contributed by atoms with Gasteiger partial charge in [-0.1, -0.05) is 43.0 Å². The molecule has 0 unspecified atom stereocenters. The number of carbonyl (C=O) groups excluding carboxylic acids is 2. The Morgan fingerprint density at radius 3 is 2.60 bits per heavy atom. The number of esters is 1. The van der Waals surface area contributed by atoms with Gasteiger partial charge in [-0.2, -0.15) is 0 Å². The topological polar surface area (TPSA) is 64.6 Å². The standard InChI is InChI=1S/C19H18INO4/c1-2-11-24-17-10-6-5-9-16(17)21-18(22)13-25-19(23)12-14-7-3-4-8-15(14)20/h2-10H,1,11-13H2,(H,21,22). The summed E-state index contributed by atoms with van der Waals surface area (Å²) in [6.45, 7) is 3.57. The Hall–Kier alpha value is -2.35. The molecule has 1 amide bonds. The van der Waals surface area contributed by atoms with Gasteiger partial charge < -0.3 is 14.8 Å². The van der Waals surface area contributed by atoms with E-state index in [1.165, 1.54) is 0 Å². The molecule has 0 saturated heterocycles. The Labute approximate surface area is 160 Å². The van der Waals surface area contributed by atoms with Crippen molar-refractivity contribution < 1.29 is 19.1 Å². The van der Waals surface area contributed by atoms with Gasteiger partial charge in [-0.15, -0.1) is 0 Å². The lowest BCUT2D eigenvalue weighted by Crippen LogP contribution is -2.22. The van der Waals surface area contributed by atoms with Gasteiger partial charge in [0.2, 0.25) is 0 Å². The van der Waals surface area contributed by atoms with E-state index in [0.717, 1.165) is 9.13 Å². The highest BCUT2D eigenvalue weighted by molar-refractivity contribution is 14.1. The molecular formula is C19H18INO4. The predicted octanol–water partition coefficient (Wildman–Crippen LogP) is 3.58. The Morgan fingerprint density at radius 1 is 1.12 bits per heavy atom. The van der Waals surface area contributed by atoms with Crippen molar-refractivity contribution in [1.29, 1.82) is 0 Å². The van der Waals surface area contributed by atoms with Gasteiger partial charge in [0, 0.05) is 3.57 Å². The highest BCUT2D eigenvalue weighted by atomic mass is 127. The summed E-state index contributed by atoms with van der Waals surface area (Å²) in [5.74, 6) is -0.345. The second-order valence-electron chi connectivity index (χ2n) is 5.07. The van der Waals surface area contributed by atoms with Crippen molar-refractivity contribution in [2.45, 2.75) is 6.42 Å². The smallest absolute Gasteiger partial charge is 0.310 e. The van der Waals surface area contributed by atoms with Crippen LogP contribution in [0.1, 0.15) is 5.56 Å². The number of ether oxygens (including phenoxy) is 2. The minimum Gasteiger partial charge on any atom is -0.487 e. The van der Waals surface area contributed by atoms with Crippen molar-refractivity contribution in [3.8, 4) is 5.75 Å². The van der Waals surface area contributed by atoms with Gasteiger partial charge in [0.05, 0.1) is 12.1 Å². The first-order chi connectivity index (χ1) is 12.1. The molecule has 0 aliphatic rings. The van der Waals surface area contributed by atoms with Crippen LogP contribution >= 0.6 is 22.6 Å². The van der Waals surface area contributed by atoms with Gasteiger partial charge in [0.1, 0.15) is 12.4 Å². The maximum atomic E-state index is 12.0. The highest BCUT2D eigenvalue weighted by Gasteiger charge is 2.12. The van der Waals surface area contributed by atoms with Crippen molar-refractivity contribution in [3.05, 3.63) is 70.3 Å². The molecule has 0 heterocycles. The summed E-state index contributed by atoms with van der Waals surface area (Å²) in [6.07, 6.45) is 1.75. The van der Waals surface area contributed by atoms with Crippen LogP contribution in [0.15, 0.2) is 61.2 Å². The maximum absolute atomic E-state index is 12.0.